The van der Waals surface area contributed by atoms with Crippen LogP contribution in [0.5, 0.6) is 11.5 Å². The monoisotopic (exact) mass is 282 g/mol. The molecule has 1 rings (SSSR count). The summed E-state index contributed by atoms with van der Waals surface area (Å²) in [5, 5.41) is 11.2. The lowest BCUT2D eigenvalue weighted by atomic mass is 9.97. The molecule has 1 atom stereocenters. The number of rotatable bonds is 7. The highest BCUT2D eigenvalue weighted by molar-refractivity contribution is 5.54. The van der Waals surface area contributed by atoms with Crippen molar-refractivity contribution in [1.82, 2.24) is 0 Å². The zero-order chi connectivity index (χ0) is 15.3. The molecular weight excluding hydrogens is 260 g/mol. The molecule has 0 aliphatic carbocycles. The summed E-state index contributed by atoms with van der Waals surface area (Å²) in [7, 11) is 2.95. The van der Waals surface area contributed by atoms with Gasteiger partial charge in [0, 0.05) is 11.6 Å². The van der Waals surface area contributed by atoms with Crippen LogP contribution in [0.1, 0.15) is 25.8 Å². The van der Waals surface area contributed by atoms with Gasteiger partial charge in [-0.1, -0.05) is 13.8 Å². The number of nitrogens with two attached hydrogens (primary N) is 1. The maximum atomic E-state index is 11.2. The van der Waals surface area contributed by atoms with E-state index in [9.17, 15) is 10.1 Å². The van der Waals surface area contributed by atoms with Crippen molar-refractivity contribution in [3.63, 3.8) is 0 Å². The van der Waals surface area contributed by atoms with Crippen LogP contribution in [0.4, 0.5) is 5.69 Å². The molecule has 0 fully saturated rings. The molecule has 6 heteroatoms. The van der Waals surface area contributed by atoms with E-state index in [1.807, 2.05) is 0 Å². The molecule has 0 radical (unpaired) electrons. The molecular formula is C14H22N2O4. The average molecular weight is 282 g/mol. The summed E-state index contributed by atoms with van der Waals surface area (Å²) in [4.78, 5) is 10.7. The number of nitrogens with zero attached hydrogens (tertiary/aromatic N) is 1. The molecule has 1 aromatic carbocycles. The third-order valence-corrected chi connectivity index (χ3v) is 3.04. The Morgan fingerprint density at radius 3 is 2.25 bits per heavy atom. The first-order chi connectivity index (χ1) is 9.38. The first-order valence-electron chi connectivity index (χ1n) is 6.53. The molecule has 112 valence electrons. The minimum Gasteiger partial charge on any atom is -0.493 e. The van der Waals surface area contributed by atoms with E-state index in [-0.39, 0.29) is 11.7 Å². The summed E-state index contributed by atoms with van der Waals surface area (Å²) in [6, 6.07) is 2.90. The zero-order valence-electron chi connectivity index (χ0n) is 12.4. The fraction of sp³-hybridized carbons (Fsp3) is 0.571. The van der Waals surface area contributed by atoms with Crippen molar-refractivity contribution in [2.45, 2.75) is 32.7 Å². The van der Waals surface area contributed by atoms with Crippen LogP contribution in [0.2, 0.25) is 0 Å². The quantitative estimate of drug-likeness (QED) is 0.613. The van der Waals surface area contributed by atoms with Gasteiger partial charge in [0.15, 0.2) is 11.5 Å². The van der Waals surface area contributed by atoms with E-state index in [1.54, 1.807) is 6.07 Å². The van der Waals surface area contributed by atoms with E-state index in [2.05, 4.69) is 13.8 Å². The zero-order valence-corrected chi connectivity index (χ0v) is 12.4. The van der Waals surface area contributed by atoms with Gasteiger partial charge in [0.05, 0.1) is 25.2 Å². The highest BCUT2D eigenvalue weighted by Gasteiger charge is 2.21. The van der Waals surface area contributed by atoms with Crippen molar-refractivity contribution in [2.75, 3.05) is 14.2 Å². The molecule has 0 aliphatic heterocycles. The number of hydrogen-bond donors (Lipinski definition) is 1. The lowest BCUT2D eigenvalue weighted by Gasteiger charge is -2.15. The van der Waals surface area contributed by atoms with Crippen LogP contribution in [0.3, 0.4) is 0 Å². The highest BCUT2D eigenvalue weighted by Crippen LogP contribution is 2.35. The second kappa shape index (κ2) is 7.09. The fourth-order valence-electron chi connectivity index (χ4n) is 2.22. The largest absolute Gasteiger partial charge is 0.493 e. The van der Waals surface area contributed by atoms with Crippen LogP contribution >= 0.6 is 0 Å². The van der Waals surface area contributed by atoms with Crippen molar-refractivity contribution in [3.05, 3.63) is 27.8 Å². The highest BCUT2D eigenvalue weighted by atomic mass is 16.6. The van der Waals surface area contributed by atoms with Crippen LogP contribution in [-0.2, 0) is 6.42 Å². The summed E-state index contributed by atoms with van der Waals surface area (Å²) in [5.41, 5.74) is 6.63. The minimum atomic E-state index is -0.417. The number of methoxy groups -OCH3 is 2. The third-order valence-electron chi connectivity index (χ3n) is 3.04. The Balaban J connectivity index is 3.12. The van der Waals surface area contributed by atoms with Gasteiger partial charge >= 0.3 is 0 Å². The Morgan fingerprint density at radius 1 is 1.25 bits per heavy atom. The molecule has 6 nitrogen and oxygen atoms in total. The number of benzene rings is 1. The number of hydrogen-bond acceptors (Lipinski definition) is 5. The van der Waals surface area contributed by atoms with Gasteiger partial charge in [-0.15, -0.1) is 0 Å². The van der Waals surface area contributed by atoms with Gasteiger partial charge in [0.2, 0.25) is 0 Å². The van der Waals surface area contributed by atoms with Crippen molar-refractivity contribution in [3.8, 4) is 11.5 Å². The lowest BCUT2D eigenvalue weighted by molar-refractivity contribution is -0.385. The molecule has 0 bridgehead atoms. The topological polar surface area (TPSA) is 87.6 Å². The van der Waals surface area contributed by atoms with Gasteiger partial charge in [-0.05, 0) is 24.8 Å². The Hall–Kier alpha value is -1.82. The molecule has 20 heavy (non-hydrogen) atoms. The van der Waals surface area contributed by atoms with Gasteiger partial charge in [0.1, 0.15) is 0 Å². The van der Waals surface area contributed by atoms with Crippen molar-refractivity contribution >= 4 is 5.69 Å². The number of nitro groups is 1. The van der Waals surface area contributed by atoms with E-state index in [0.717, 1.165) is 6.42 Å². The summed E-state index contributed by atoms with van der Waals surface area (Å²) in [6.07, 6.45) is 1.25. The number of ether oxygens (including phenoxy) is 2. The van der Waals surface area contributed by atoms with Crippen LogP contribution in [0.15, 0.2) is 12.1 Å². The van der Waals surface area contributed by atoms with E-state index >= 15 is 0 Å². The van der Waals surface area contributed by atoms with Gasteiger partial charge < -0.3 is 15.2 Å². The maximum absolute atomic E-state index is 11.2. The molecule has 0 aromatic heterocycles. The first kappa shape index (κ1) is 16.2. The Kier molecular flexibility index (Phi) is 5.76. The molecule has 0 amide bonds. The van der Waals surface area contributed by atoms with E-state index in [0.29, 0.717) is 29.4 Å². The summed E-state index contributed by atoms with van der Waals surface area (Å²) in [5.74, 6) is 1.27. The summed E-state index contributed by atoms with van der Waals surface area (Å²) < 4.78 is 10.3. The van der Waals surface area contributed by atoms with Gasteiger partial charge in [0.25, 0.3) is 5.69 Å². The minimum absolute atomic E-state index is 0.0156. The van der Waals surface area contributed by atoms with E-state index in [1.165, 1.54) is 20.3 Å². The van der Waals surface area contributed by atoms with Crippen molar-refractivity contribution in [2.24, 2.45) is 11.7 Å². The Labute approximate surface area is 119 Å². The van der Waals surface area contributed by atoms with Crippen LogP contribution in [0, 0.1) is 16.0 Å². The molecule has 0 saturated heterocycles. The lowest BCUT2D eigenvalue weighted by Crippen LogP contribution is -2.25. The maximum Gasteiger partial charge on any atom is 0.276 e. The number of nitro benzene ring substituents is 1. The molecule has 0 aliphatic rings. The normalized spacial score (nSPS) is 12.3. The third kappa shape index (κ3) is 4.09. The standard InChI is InChI=1S/C14H22N2O4/c1-9(2)5-11(15)6-10-7-13(19-3)14(20-4)8-12(10)16(17)18/h7-9,11H,5-6,15H2,1-4H3. The van der Waals surface area contributed by atoms with Crippen LogP contribution < -0.4 is 15.2 Å². The second-order valence-electron chi connectivity index (χ2n) is 5.19. The van der Waals surface area contributed by atoms with Gasteiger partial charge in [-0.25, -0.2) is 0 Å². The molecule has 1 aromatic rings. The van der Waals surface area contributed by atoms with Crippen molar-refractivity contribution in [1.29, 1.82) is 0 Å². The molecule has 1 unspecified atom stereocenters. The summed E-state index contributed by atoms with van der Waals surface area (Å²) >= 11 is 0. The first-order valence-corrected chi connectivity index (χ1v) is 6.53. The molecule has 2 N–H and O–H groups in total. The predicted octanol–water partition coefficient (Wildman–Crippen LogP) is 2.53. The fourth-order valence-corrected chi connectivity index (χ4v) is 2.22. The van der Waals surface area contributed by atoms with E-state index in [4.69, 9.17) is 15.2 Å². The molecule has 0 heterocycles. The SMILES string of the molecule is COc1cc(CC(N)CC(C)C)c([N+](=O)[O-])cc1OC. The van der Waals surface area contributed by atoms with Gasteiger partial charge in [-0.3, -0.25) is 10.1 Å². The smallest absolute Gasteiger partial charge is 0.276 e. The second-order valence-corrected chi connectivity index (χ2v) is 5.19. The van der Waals surface area contributed by atoms with Crippen LogP contribution in [-0.4, -0.2) is 25.2 Å². The Bertz CT molecular complexity index is 474. The van der Waals surface area contributed by atoms with Crippen LogP contribution in [0.25, 0.3) is 0 Å². The van der Waals surface area contributed by atoms with Gasteiger partial charge in [-0.2, -0.15) is 0 Å². The van der Waals surface area contributed by atoms with E-state index < -0.39 is 4.92 Å². The summed E-state index contributed by atoms with van der Waals surface area (Å²) in [6.45, 7) is 4.14. The predicted molar refractivity (Wildman–Crippen MR) is 77.3 cm³/mol. The average Bonchev–Trinajstić information content (AvgIpc) is 2.36. The van der Waals surface area contributed by atoms with Crippen molar-refractivity contribution < 1.29 is 14.4 Å². The molecule has 0 spiro atoms. The Morgan fingerprint density at radius 2 is 1.80 bits per heavy atom. The molecule has 0 saturated carbocycles.